The standard InChI is InChI=1S/C14H13ClIN3O2/c1-7(2)12-11(16)13(15)18-14(17-12)10-6-9(19(20)21)5-4-8(10)3/h4-7H,1-3H3. The van der Waals surface area contributed by atoms with Gasteiger partial charge in [-0.25, -0.2) is 9.97 Å². The van der Waals surface area contributed by atoms with Crippen molar-refractivity contribution < 1.29 is 4.92 Å². The predicted octanol–water partition coefficient (Wildman–Crippen LogP) is 4.74. The summed E-state index contributed by atoms with van der Waals surface area (Å²) in [5.74, 6) is 0.612. The number of rotatable bonds is 3. The minimum atomic E-state index is -0.430. The Labute approximate surface area is 141 Å². The lowest BCUT2D eigenvalue weighted by Gasteiger charge is -2.12. The summed E-state index contributed by atoms with van der Waals surface area (Å²) in [5, 5.41) is 11.3. The summed E-state index contributed by atoms with van der Waals surface area (Å²) in [7, 11) is 0. The van der Waals surface area contributed by atoms with E-state index in [2.05, 4.69) is 32.6 Å². The van der Waals surface area contributed by atoms with E-state index < -0.39 is 4.92 Å². The van der Waals surface area contributed by atoms with Crippen LogP contribution < -0.4 is 0 Å². The van der Waals surface area contributed by atoms with E-state index in [1.54, 1.807) is 6.07 Å². The molecule has 5 nitrogen and oxygen atoms in total. The van der Waals surface area contributed by atoms with E-state index in [-0.39, 0.29) is 11.6 Å². The van der Waals surface area contributed by atoms with Crippen LogP contribution in [0.2, 0.25) is 5.15 Å². The Kier molecular flexibility index (Phi) is 4.77. The Morgan fingerprint density at radius 1 is 1.33 bits per heavy atom. The highest BCUT2D eigenvalue weighted by molar-refractivity contribution is 14.1. The molecule has 1 aromatic heterocycles. The number of aryl methyl sites for hydroxylation is 1. The summed E-state index contributed by atoms with van der Waals surface area (Å²) in [4.78, 5) is 19.3. The van der Waals surface area contributed by atoms with Crippen LogP contribution in [0.3, 0.4) is 0 Å². The van der Waals surface area contributed by atoms with E-state index in [0.29, 0.717) is 16.5 Å². The fourth-order valence-corrected chi connectivity index (χ4v) is 2.94. The van der Waals surface area contributed by atoms with Gasteiger partial charge in [0, 0.05) is 17.7 Å². The molecule has 0 unspecified atom stereocenters. The molecular formula is C14H13ClIN3O2. The van der Waals surface area contributed by atoms with E-state index in [4.69, 9.17) is 11.6 Å². The highest BCUT2D eigenvalue weighted by atomic mass is 127. The first kappa shape index (κ1) is 16.1. The highest BCUT2D eigenvalue weighted by Crippen LogP contribution is 2.30. The zero-order valence-corrected chi connectivity index (χ0v) is 14.6. The molecule has 0 atom stereocenters. The van der Waals surface area contributed by atoms with Gasteiger partial charge in [0.1, 0.15) is 5.15 Å². The van der Waals surface area contributed by atoms with E-state index in [1.807, 2.05) is 20.8 Å². The molecule has 0 saturated heterocycles. The summed E-state index contributed by atoms with van der Waals surface area (Å²) >= 11 is 8.29. The fourth-order valence-electron chi connectivity index (χ4n) is 1.90. The van der Waals surface area contributed by atoms with Gasteiger partial charge in [0.15, 0.2) is 5.82 Å². The third kappa shape index (κ3) is 3.32. The molecule has 110 valence electrons. The largest absolute Gasteiger partial charge is 0.270 e. The monoisotopic (exact) mass is 417 g/mol. The van der Waals surface area contributed by atoms with E-state index in [1.165, 1.54) is 12.1 Å². The van der Waals surface area contributed by atoms with Crippen molar-refractivity contribution >= 4 is 39.9 Å². The quantitative estimate of drug-likeness (QED) is 0.313. The third-order valence-electron chi connectivity index (χ3n) is 3.06. The first-order valence-corrected chi connectivity index (χ1v) is 7.75. The zero-order valence-electron chi connectivity index (χ0n) is 11.7. The van der Waals surface area contributed by atoms with Gasteiger partial charge in [0.25, 0.3) is 5.69 Å². The number of aromatic nitrogens is 2. The SMILES string of the molecule is Cc1ccc([N+](=O)[O-])cc1-c1nc(Cl)c(I)c(C(C)C)n1. The molecule has 0 amide bonds. The Bertz CT molecular complexity index is 720. The van der Waals surface area contributed by atoms with Crippen molar-refractivity contribution in [1.82, 2.24) is 9.97 Å². The molecular weight excluding hydrogens is 405 g/mol. The molecule has 0 aliphatic carbocycles. The van der Waals surface area contributed by atoms with Gasteiger partial charge in [0.2, 0.25) is 0 Å². The molecule has 0 saturated carbocycles. The summed E-state index contributed by atoms with van der Waals surface area (Å²) in [5.41, 5.74) is 2.36. The van der Waals surface area contributed by atoms with Gasteiger partial charge in [-0.05, 0) is 41.0 Å². The second kappa shape index (κ2) is 6.23. The maximum absolute atomic E-state index is 10.9. The number of hydrogen-bond donors (Lipinski definition) is 0. The average Bonchev–Trinajstić information content (AvgIpc) is 2.41. The van der Waals surface area contributed by atoms with Gasteiger partial charge in [-0.15, -0.1) is 0 Å². The molecule has 2 rings (SSSR count). The first-order chi connectivity index (χ1) is 9.81. The second-order valence-electron chi connectivity index (χ2n) is 4.95. The Balaban J connectivity index is 2.67. The number of halogens is 2. The van der Waals surface area contributed by atoms with E-state index in [9.17, 15) is 10.1 Å². The lowest BCUT2D eigenvalue weighted by molar-refractivity contribution is -0.384. The predicted molar refractivity (Wildman–Crippen MR) is 90.7 cm³/mol. The van der Waals surface area contributed by atoms with Crippen LogP contribution in [0.4, 0.5) is 5.69 Å². The van der Waals surface area contributed by atoms with Gasteiger partial charge < -0.3 is 0 Å². The van der Waals surface area contributed by atoms with Gasteiger partial charge >= 0.3 is 0 Å². The van der Waals surface area contributed by atoms with Crippen LogP contribution in [0, 0.1) is 20.6 Å². The van der Waals surface area contributed by atoms with Crippen molar-refractivity contribution in [1.29, 1.82) is 0 Å². The van der Waals surface area contributed by atoms with Crippen LogP contribution in [-0.4, -0.2) is 14.9 Å². The minimum absolute atomic E-state index is 0.0139. The molecule has 1 aromatic carbocycles. The summed E-state index contributed by atoms with van der Waals surface area (Å²) in [6.07, 6.45) is 0. The maximum atomic E-state index is 10.9. The molecule has 0 spiro atoms. The number of nitro groups is 1. The Hall–Kier alpha value is -1.28. The Morgan fingerprint density at radius 3 is 2.57 bits per heavy atom. The van der Waals surface area contributed by atoms with E-state index in [0.717, 1.165) is 14.8 Å². The smallest absolute Gasteiger partial charge is 0.258 e. The van der Waals surface area contributed by atoms with Gasteiger partial charge in [-0.3, -0.25) is 10.1 Å². The van der Waals surface area contributed by atoms with Crippen LogP contribution in [-0.2, 0) is 0 Å². The average molecular weight is 418 g/mol. The van der Waals surface area contributed by atoms with Crippen molar-refractivity contribution in [2.75, 3.05) is 0 Å². The number of nitro benzene ring substituents is 1. The van der Waals surface area contributed by atoms with Crippen molar-refractivity contribution in [2.24, 2.45) is 0 Å². The number of nitrogens with zero attached hydrogens (tertiary/aromatic N) is 3. The molecule has 0 fully saturated rings. The molecule has 21 heavy (non-hydrogen) atoms. The molecule has 7 heteroatoms. The highest BCUT2D eigenvalue weighted by Gasteiger charge is 2.17. The van der Waals surface area contributed by atoms with Crippen LogP contribution in [0.15, 0.2) is 18.2 Å². The van der Waals surface area contributed by atoms with Crippen molar-refractivity contribution in [3.8, 4) is 11.4 Å². The number of benzene rings is 1. The molecule has 0 bridgehead atoms. The topological polar surface area (TPSA) is 68.9 Å². The molecule has 0 aliphatic rings. The maximum Gasteiger partial charge on any atom is 0.270 e. The third-order valence-corrected chi connectivity index (χ3v) is 4.71. The number of non-ortho nitro benzene ring substituents is 1. The molecule has 1 heterocycles. The van der Waals surface area contributed by atoms with Crippen LogP contribution in [0.1, 0.15) is 31.0 Å². The fraction of sp³-hybridized carbons (Fsp3) is 0.286. The van der Waals surface area contributed by atoms with Crippen molar-refractivity contribution in [2.45, 2.75) is 26.7 Å². The Morgan fingerprint density at radius 2 is 2.00 bits per heavy atom. The molecule has 0 radical (unpaired) electrons. The molecule has 2 aromatic rings. The van der Waals surface area contributed by atoms with Gasteiger partial charge in [-0.2, -0.15) is 0 Å². The molecule has 0 aliphatic heterocycles. The normalized spacial score (nSPS) is 11.0. The summed E-state index contributed by atoms with van der Waals surface area (Å²) in [6.45, 7) is 5.90. The van der Waals surface area contributed by atoms with Crippen LogP contribution in [0.5, 0.6) is 0 Å². The van der Waals surface area contributed by atoms with Crippen LogP contribution >= 0.6 is 34.2 Å². The lowest BCUT2D eigenvalue weighted by Crippen LogP contribution is -2.03. The summed E-state index contributed by atoms with van der Waals surface area (Å²) in [6, 6.07) is 4.65. The lowest BCUT2D eigenvalue weighted by atomic mass is 10.1. The van der Waals surface area contributed by atoms with Gasteiger partial charge in [0.05, 0.1) is 14.2 Å². The summed E-state index contributed by atoms with van der Waals surface area (Å²) < 4.78 is 0.816. The first-order valence-electron chi connectivity index (χ1n) is 6.29. The van der Waals surface area contributed by atoms with Crippen LogP contribution in [0.25, 0.3) is 11.4 Å². The van der Waals surface area contributed by atoms with Gasteiger partial charge in [-0.1, -0.05) is 31.5 Å². The minimum Gasteiger partial charge on any atom is -0.258 e. The van der Waals surface area contributed by atoms with E-state index >= 15 is 0 Å². The number of hydrogen-bond acceptors (Lipinski definition) is 4. The zero-order chi connectivity index (χ0) is 15.7. The van der Waals surface area contributed by atoms with Crippen molar-refractivity contribution in [3.05, 3.63) is 48.3 Å². The molecule has 0 N–H and O–H groups in total. The van der Waals surface area contributed by atoms with Crippen molar-refractivity contribution in [3.63, 3.8) is 0 Å². The second-order valence-corrected chi connectivity index (χ2v) is 6.39.